The first-order valence-electron chi connectivity index (χ1n) is 13.2. The maximum absolute atomic E-state index is 13.7. The number of fused-ring (bicyclic) bond motifs is 2. The van der Waals surface area contributed by atoms with Gasteiger partial charge in [-0.25, -0.2) is 0 Å². The molecule has 0 unspecified atom stereocenters. The monoisotopic (exact) mass is 510 g/mol. The van der Waals surface area contributed by atoms with E-state index in [0.717, 1.165) is 50.7 Å². The molecule has 0 bridgehead atoms. The first-order chi connectivity index (χ1) is 17.5. The first kappa shape index (κ1) is 25.2. The van der Waals surface area contributed by atoms with Gasteiger partial charge in [0.1, 0.15) is 11.2 Å². The van der Waals surface area contributed by atoms with E-state index in [4.69, 9.17) is 14.5 Å². The number of esters is 1. The van der Waals surface area contributed by atoms with Gasteiger partial charge < -0.3 is 9.47 Å². The smallest absolute Gasteiger partial charge is 0.306 e. The van der Waals surface area contributed by atoms with Crippen LogP contribution < -0.4 is 0 Å². The molecule has 3 heterocycles. The summed E-state index contributed by atoms with van der Waals surface area (Å²) >= 11 is 1.73. The number of carbonyl (C=O) groups excluding carboxylic acids is 3. The van der Waals surface area contributed by atoms with E-state index < -0.39 is 5.97 Å². The van der Waals surface area contributed by atoms with Gasteiger partial charge in [0.15, 0.2) is 12.4 Å². The molecule has 0 radical (unpaired) electrons. The third kappa shape index (κ3) is 5.44. The number of nitrogens with zero attached hydrogens (tertiary/aromatic N) is 2. The Bertz CT molecular complexity index is 1070. The Labute approximate surface area is 216 Å². The highest BCUT2D eigenvalue weighted by atomic mass is 32.2. The van der Waals surface area contributed by atoms with Gasteiger partial charge in [-0.15, -0.1) is 11.8 Å². The average Bonchev–Trinajstić information content (AvgIpc) is 3.55. The zero-order valence-electron chi connectivity index (χ0n) is 20.9. The van der Waals surface area contributed by atoms with Gasteiger partial charge in [0, 0.05) is 18.6 Å². The van der Waals surface area contributed by atoms with Gasteiger partial charge in [0.2, 0.25) is 5.91 Å². The van der Waals surface area contributed by atoms with Crippen LogP contribution >= 0.6 is 11.8 Å². The molecule has 1 aliphatic carbocycles. The van der Waals surface area contributed by atoms with Crippen molar-refractivity contribution in [2.24, 2.45) is 10.9 Å². The Hall–Kier alpha value is -2.45. The Morgan fingerprint density at radius 3 is 2.72 bits per heavy atom. The number of hydrogen-bond acceptors (Lipinski definition) is 7. The van der Waals surface area contributed by atoms with Crippen LogP contribution in [0.2, 0.25) is 0 Å². The van der Waals surface area contributed by atoms with E-state index in [-0.39, 0.29) is 42.1 Å². The number of rotatable bonds is 9. The minimum Gasteiger partial charge on any atom is -0.457 e. The molecule has 1 aromatic carbocycles. The van der Waals surface area contributed by atoms with Crippen LogP contribution in [0.5, 0.6) is 0 Å². The number of ether oxygens (including phenoxy) is 2. The van der Waals surface area contributed by atoms with Crippen molar-refractivity contribution in [2.75, 3.05) is 19.8 Å². The molecule has 4 aliphatic rings. The van der Waals surface area contributed by atoms with E-state index in [0.29, 0.717) is 24.4 Å². The molecule has 7 nitrogen and oxygen atoms in total. The van der Waals surface area contributed by atoms with Crippen molar-refractivity contribution in [2.45, 2.75) is 76.2 Å². The number of ketones is 1. The van der Waals surface area contributed by atoms with Gasteiger partial charge in [0.05, 0.1) is 25.0 Å². The molecular weight excluding hydrogens is 476 g/mol. The number of Topliss-reactive ketones (excluding diaryl/α,β-unsaturated/α-hetero) is 1. The van der Waals surface area contributed by atoms with Crippen LogP contribution in [0.15, 0.2) is 39.7 Å². The second-order valence-electron chi connectivity index (χ2n) is 9.91. The van der Waals surface area contributed by atoms with E-state index in [1.165, 1.54) is 16.9 Å². The Kier molecular flexibility index (Phi) is 7.91. The highest BCUT2D eigenvalue weighted by Crippen LogP contribution is 2.51. The van der Waals surface area contributed by atoms with Gasteiger partial charge in [-0.1, -0.05) is 31.2 Å². The molecule has 3 atom stereocenters. The van der Waals surface area contributed by atoms with Gasteiger partial charge in [0.25, 0.3) is 0 Å². The lowest BCUT2D eigenvalue weighted by Gasteiger charge is -2.35. The maximum Gasteiger partial charge on any atom is 0.306 e. The Morgan fingerprint density at radius 2 is 1.97 bits per heavy atom. The van der Waals surface area contributed by atoms with Crippen molar-refractivity contribution >= 4 is 35.3 Å². The summed E-state index contributed by atoms with van der Waals surface area (Å²) in [6.07, 6.45) is 7.54. The largest absolute Gasteiger partial charge is 0.457 e. The second-order valence-corrected chi connectivity index (χ2v) is 11.1. The lowest BCUT2D eigenvalue weighted by Crippen LogP contribution is -2.50. The number of benzene rings is 1. The highest BCUT2D eigenvalue weighted by molar-refractivity contribution is 8.04. The molecule has 8 heteroatoms. The molecule has 1 amide bonds. The van der Waals surface area contributed by atoms with Gasteiger partial charge in [-0.2, -0.15) is 0 Å². The third-order valence-electron chi connectivity index (χ3n) is 7.51. The van der Waals surface area contributed by atoms with Crippen molar-refractivity contribution in [1.29, 1.82) is 0 Å². The molecule has 192 valence electrons. The minimum absolute atomic E-state index is 0.00762. The third-order valence-corrected chi connectivity index (χ3v) is 8.88. The Balaban J connectivity index is 1.22. The van der Waals surface area contributed by atoms with Gasteiger partial charge in [-0.3, -0.25) is 24.3 Å². The van der Waals surface area contributed by atoms with Crippen molar-refractivity contribution in [3.63, 3.8) is 0 Å². The number of amidine groups is 1. The number of allylic oxidation sites excluding steroid dienone is 1. The predicted molar refractivity (Wildman–Crippen MR) is 139 cm³/mol. The van der Waals surface area contributed by atoms with Crippen LogP contribution in [0.25, 0.3) is 0 Å². The highest BCUT2D eigenvalue weighted by Gasteiger charge is 2.47. The standard InChI is InChI=1S/C28H34N2O5S/c1-2-18-9-11-19(12-10-18)22(31)17-35-25(32)14-13-24-29-27-26(21-7-3-4-8-23(21)36-27)28(33)30(24)16-20-6-5-15-34-20/h9-12,20,26-27H,2-8,13-17H2,1H3/t20-,26+,27-/m1/s1. The van der Waals surface area contributed by atoms with E-state index in [9.17, 15) is 14.4 Å². The van der Waals surface area contributed by atoms with Gasteiger partial charge in [-0.05, 0) is 61.0 Å². The fourth-order valence-corrected chi connectivity index (χ4v) is 6.99. The molecule has 1 saturated heterocycles. The van der Waals surface area contributed by atoms with Crippen molar-refractivity contribution in [3.8, 4) is 0 Å². The first-order valence-corrected chi connectivity index (χ1v) is 14.1. The van der Waals surface area contributed by atoms with Crippen LogP contribution in [-0.2, 0) is 25.5 Å². The predicted octanol–water partition coefficient (Wildman–Crippen LogP) is 4.69. The second kappa shape index (κ2) is 11.3. The summed E-state index contributed by atoms with van der Waals surface area (Å²) in [5.41, 5.74) is 2.97. The summed E-state index contributed by atoms with van der Waals surface area (Å²) in [6, 6.07) is 7.36. The van der Waals surface area contributed by atoms with Crippen molar-refractivity contribution in [3.05, 3.63) is 45.9 Å². The molecule has 0 N–H and O–H groups in total. The molecule has 5 rings (SSSR count). The molecule has 1 fully saturated rings. The fraction of sp³-hybridized carbons (Fsp3) is 0.571. The number of aliphatic imine (C=N–C) groups is 1. The molecule has 36 heavy (non-hydrogen) atoms. The summed E-state index contributed by atoms with van der Waals surface area (Å²) in [6.45, 7) is 2.97. The van der Waals surface area contributed by atoms with E-state index in [1.807, 2.05) is 12.1 Å². The van der Waals surface area contributed by atoms with Crippen LogP contribution in [0.1, 0.15) is 74.2 Å². The fourth-order valence-electron chi connectivity index (χ4n) is 5.46. The lowest BCUT2D eigenvalue weighted by molar-refractivity contribution is -0.142. The molecule has 0 spiro atoms. The van der Waals surface area contributed by atoms with Crippen molar-refractivity contribution < 1.29 is 23.9 Å². The number of carbonyl (C=O) groups is 3. The van der Waals surface area contributed by atoms with Crippen molar-refractivity contribution in [1.82, 2.24) is 4.90 Å². The number of aryl methyl sites for hydroxylation is 1. The molecule has 1 aromatic rings. The number of thioether (sulfide) groups is 1. The Morgan fingerprint density at radius 1 is 1.17 bits per heavy atom. The quantitative estimate of drug-likeness (QED) is 0.354. The van der Waals surface area contributed by atoms with Crippen LogP contribution in [0.4, 0.5) is 0 Å². The van der Waals surface area contributed by atoms with E-state index in [1.54, 1.807) is 28.8 Å². The molecule has 0 saturated carbocycles. The molecule has 0 aromatic heterocycles. The van der Waals surface area contributed by atoms with Crippen LogP contribution in [-0.4, -0.2) is 59.6 Å². The molecular formula is C28H34N2O5S. The normalized spacial score (nSPS) is 25.5. The number of amides is 1. The van der Waals surface area contributed by atoms with Crippen LogP contribution in [0.3, 0.4) is 0 Å². The van der Waals surface area contributed by atoms with E-state index >= 15 is 0 Å². The summed E-state index contributed by atoms with van der Waals surface area (Å²) in [5.74, 6) is -0.127. The summed E-state index contributed by atoms with van der Waals surface area (Å²) < 4.78 is 11.1. The van der Waals surface area contributed by atoms with Gasteiger partial charge >= 0.3 is 5.97 Å². The number of hydrogen-bond donors (Lipinski definition) is 0. The minimum atomic E-state index is -0.459. The zero-order valence-corrected chi connectivity index (χ0v) is 21.7. The topological polar surface area (TPSA) is 85.3 Å². The van der Waals surface area contributed by atoms with Crippen LogP contribution in [0, 0.1) is 5.92 Å². The lowest BCUT2D eigenvalue weighted by atomic mass is 9.87. The summed E-state index contributed by atoms with van der Waals surface area (Å²) in [7, 11) is 0. The van der Waals surface area contributed by atoms with E-state index in [2.05, 4.69) is 6.92 Å². The summed E-state index contributed by atoms with van der Waals surface area (Å²) in [5, 5.41) is -0.125. The average molecular weight is 511 g/mol. The maximum atomic E-state index is 13.7. The zero-order chi connectivity index (χ0) is 25.1. The molecule has 3 aliphatic heterocycles. The SMILES string of the molecule is CCc1ccc(C(=O)COC(=O)CCC2=N[C@@H]3SC4=C(CCCC4)[C@@H]3C(=O)N2C[C@H]2CCCO2)cc1. The summed E-state index contributed by atoms with van der Waals surface area (Å²) in [4.78, 5) is 46.7.